The van der Waals surface area contributed by atoms with Gasteiger partial charge >= 0.3 is 0 Å². The highest BCUT2D eigenvalue weighted by Gasteiger charge is 2.11. The van der Waals surface area contributed by atoms with Crippen LogP contribution in [0.25, 0.3) is 0 Å². The van der Waals surface area contributed by atoms with Crippen molar-refractivity contribution < 1.29 is 12.6 Å². The fourth-order valence-corrected chi connectivity index (χ4v) is 3.30. The first-order chi connectivity index (χ1) is 8.96. The minimum Gasteiger partial charge on any atom is -0.260 e. The van der Waals surface area contributed by atoms with Gasteiger partial charge in [-0.2, -0.15) is 5.26 Å². The maximum atomic E-state index is 11.7. The van der Waals surface area contributed by atoms with E-state index in [1.807, 2.05) is 6.07 Å². The van der Waals surface area contributed by atoms with Crippen molar-refractivity contribution in [3.8, 4) is 6.07 Å². The van der Waals surface area contributed by atoms with E-state index in [2.05, 4.69) is 4.72 Å². The van der Waals surface area contributed by atoms with E-state index in [9.17, 15) is 12.6 Å². The van der Waals surface area contributed by atoms with Gasteiger partial charge in [-0.1, -0.05) is 19.1 Å². The lowest BCUT2D eigenvalue weighted by Gasteiger charge is -2.06. The molecular formula is C12H16N2O3S2. The molecule has 104 valence electrons. The van der Waals surface area contributed by atoms with Crippen molar-refractivity contribution in [3.63, 3.8) is 0 Å². The summed E-state index contributed by atoms with van der Waals surface area (Å²) in [6, 6.07) is 8.36. The largest absolute Gasteiger partial charge is 0.260 e. The van der Waals surface area contributed by atoms with E-state index in [1.54, 1.807) is 31.2 Å². The van der Waals surface area contributed by atoms with Crippen LogP contribution in [0.4, 0.5) is 0 Å². The van der Waals surface area contributed by atoms with Gasteiger partial charge < -0.3 is 0 Å². The Morgan fingerprint density at radius 2 is 1.95 bits per heavy atom. The molecule has 7 heteroatoms. The van der Waals surface area contributed by atoms with Crippen molar-refractivity contribution in [1.82, 2.24) is 4.72 Å². The highest BCUT2D eigenvalue weighted by Crippen LogP contribution is 2.06. The van der Waals surface area contributed by atoms with E-state index in [-0.39, 0.29) is 12.3 Å². The lowest BCUT2D eigenvalue weighted by molar-refractivity contribution is 0.583. The third kappa shape index (κ3) is 5.96. The summed E-state index contributed by atoms with van der Waals surface area (Å²) in [6.07, 6.45) is 0. The topological polar surface area (TPSA) is 87.0 Å². The van der Waals surface area contributed by atoms with Gasteiger partial charge in [0.25, 0.3) is 0 Å². The van der Waals surface area contributed by atoms with Gasteiger partial charge in [0.1, 0.15) is 0 Å². The molecule has 0 saturated heterocycles. The van der Waals surface area contributed by atoms with Gasteiger partial charge in [-0.25, -0.2) is 13.1 Å². The molecule has 0 aliphatic carbocycles. The van der Waals surface area contributed by atoms with Gasteiger partial charge in [0.05, 0.1) is 17.4 Å². The Balaban J connectivity index is 2.54. The van der Waals surface area contributed by atoms with Crippen molar-refractivity contribution in [1.29, 1.82) is 5.26 Å². The molecule has 0 radical (unpaired) electrons. The fraction of sp³-hybridized carbons (Fsp3) is 0.417. The summed E-state index contributed by atoms with van der Waals surface area (Å²) >= 11 is 0. The molecule has 0 aromatic heterocycles. The Labute approximate surface area is 116 Å². The summed E-state index contributed by atoms with van der Waals surface area (Å²) in [7, 11) is -4.40. The van der Waals surface area contributed by atoms with E-state index < -0.39 is 20.8 Å². The number of hydrogen-bond donors (Lipinski definition) is 1. The Morgan fingerprint density at radius 1 is 1.32 bits per heavy atom. The molecule has 1 unspecified atom stereocenters. The summed E-state index contributed by atoms with van der Waals surface area (Å²) in [6.45, 7) is 1.97. The summed E-state index contributed by atoms with van der Waals surface area (Å²) < 4.78 is 37.1. The highest BCUT2D eigenvalue weighted by atomic mass is 32.2. The average Bonchev–Trinajstić information content (AvgIpc) is 2.38. The van der Waals surface area contributed by atoms with Crippen molar-refractivity contribution >= 4 is 20.8 Å². The van der Waals surface area contributed by atoms with E-state index in [0.717, 1.165) is 0 Å². The Kier molecular flexibility index (Phi) is 6.15. The van der Waals surface area contributed by atoms with Gasteiger partial charge in [0.2, 0.25) is 10.0 Å². The molecule has 0 heterocycles. The zero-order valence-electron chi connectivity index (χ0n) is 10.6. The van der Waals surface area contributed by atoms with Gasteiger partial charge in [-0.15, -0.1) is 0 Å². The van der Waals surface area contributed by atoms with Gasteiger partial charge in [-0.05, 0) is 17.7 Å². The summed E-state index contributed by atoms with van der Waals surface area (Å²) in [4.78, 5) is 0. The van der Waals surface area contributed by atoms with Crippen LogP contribution in [0.3, 0.4) is 0 Å². The normalized spacial score (nSPS) is 12.8. The minimum absolute atomic E-state index is 0.141. The van der Waals surface area contributed by atoms with Crippen LogP contribution in [-0.2, 0) is 26.6 Å². The Morgan fingerprint density at radius 3 is 2.47 bits per heavy atom. The predicted molar refractivity (Wildman–Crippen MR) is 75.3 cm³/mol. The van der Waals surface area contributed by atoms with Crippen LogP contribution in [0, 0.1) is 11.3 Å². The highest BCUT2D eigenvalue weighted by molar-refractivity contribution is 7.88. The molecule has 0 amide bonds. The van der Waals surface area contributed by atoms with Crippen molar-refractivity contribution in [3.05, 3.63) is 35.4 Å². The molecule has 5 nitrogen and oxygen atoms in total. The number of benzene rings is 1. The second-order valence-electron chi connectivity index (χ2n) is 3.89. The molecule has 1 N–H and O–H groups in total. The van der Waals surface area contributed by atoms with Crippen molar-refractivity contribution in [2.75, 3.05) is 18.1 Å². The Hall–Kier alpha value is -1.23. The number of sulfonamides is 1. The summed E-state index contributed by atoms with van der Waals surface area (Å²) in [5.74, 6) is 0.706. The molecule has 0 bridgehead atoms. The van der Waals surface area contributed by atoms with Gasteiger partial charge in [0.15, 0.2) is 0 Å². The number of rotatable bonds is 7. The molecule has 0 aliphatic rings. The van der Waals surface area contributed by atoms with Crippen LogP contribution in [-0.4, -0.2) is 30.7 Å². The standard InChI is InChI=1S/C12H16N2O3S2/c1-2-18(15)8-7-14-19(16,17)10-12-5-3-11(9-13)4-6-12/h3-6,14H,2,7-8,10H2,1H3. The summed E-state index contributed by atoms with van der Waals surface area (Å²) in [5.41, 5.74) is 1.11. The first kappa shape index (κ1) is 15.8. The van der Waals surface area contributed by atoms with E-state index in [1.165, 1.54) is 0 Å². The van der Waals surface area contributed by atoms with Gasteiger partial charge in [0, 0.05) is 28.9 Å². The fourth-order valence-electron chi connectivity index (χ4n) is 1.40. The van der Waals surface area contributed by atoms with Crippen LogP contribution in [0.1, 0.15) is 18.1 Å². The number of nitrogens with one attached hydrogen (secondary N) is 1. The molecule has 1 atom stereocenters. The van der Waals surface area contributed by atoms with Crippen molar-refractivity contribution in [2.45, 2.75) is 12.7 Å². The monoisotopic (exact) mass is 300 g/mol. The first-order valence-corrected chi connectivity index (χ1v) is 8.92. The molecular weight excluding hydrogens is 284 g/mol. The second kappa shape index (κ2) is 7.38. The molecule has 0 spiro atoms. The lowest BCUT2D eigenvalue weighted by Crippen LogP contribution is -2.29. The number of nitrogens with zero attached hydrogens (tertiary/aromatic N) is 1. The molecule has 0 saturated carbocycles. The third-order valence-electron chi connectivity index (χ3n) is 2.41. The average molecular weight is 300 g/mol. The van der Waals surface area contributed by atoms with E-state index in [4.69, 9.17) is 5.26 Å². The molecule has 1 aromatic carbocycles. The maximum absolute atomic E-state index is 11.7. The molecule has 1 rings (SSSR count). The van der Waals surface area contributed by atoms with E-state index in [0.29, 0.717) is 22.6 Å². The quantitative estimate of drug-likeness (QED) is 0.805. The van der Waals surface area contributed by atoms with E-state index >= 15 is 0 Å². The molecule has 0 aliphatic heterocycles. The van der Waals surface area contributed by atoms with Crippen LogP contribution in [0.5, 0.6) is 0 Å². The van der Waals surface area contributed by atoms with Crippen LogP contribution >= 0.6 is 0 Å². The SMILES string of the molecule is CCS(=O)CCNS(=O)(=O)Cc1ccc(C#N)cc1. The van der Waals surface area contributed by atoms with Crippen molar-refractivity contribution in [2.24, 2.45) is 0 Å². The molecule has 19 heavy (non-hydrogen) atoms. The minimum atomic E-state index is -3.43. The predicted octanol–water partition coefficient (Wildman–Crippen LogP) is 0.746. The Bertz CT molecular complexity index is 574. The number of hydrogen-bond acceptors (Lipinski definition) is 4. The van der Waals surface area contributed by atoms with Crippen LogP contribution < -0.4 is 4.72 Å². The first-order valence-electron chi connectivity index (χ1n) is 5.78. The maximum Gasteiger partial charge on any atom is 0.215 e. The zero-order valence-corrected chi connectivity index (χ0v) is 12.3. The summed E-state index contributed by atoms with van der Waals surface area (Å²) in [5, 5.41) is 8.64. The number of nitriles is 1. The third-order valence-corrected chi connectivity index (χ3v) is 5.07. The molecule has 0 fully saturated rings. The van der Waals surface area contributed by atoms with Crippen LogP contribution in [0.2, 0.25) is 0 Å². The molecule has 1 aromatic rings. The van der Waals surface area contributed by atoms with Crippen LogP contribution in [0.15, 0.2) is 24.3 Å². The zero-order chi connectivity index (χ0) is 14.3. The lowest BCUT2D eigenvalue weighted by atomic mass is 10.2. The second-order valence-corrected chi connectivity index (χ2v) is 7.57. The van der Waals surface area contributed by atoms with Gasteiger partial charge in [-0.3, -0.25) is 4.21 Å². The smallest absolute Gasteiger partial charge is 0.215 e.